The van der Waals surface area contributed by atoms with E-state index in [0.717, 1.165) is 25.9 Å². The number of rotatable bonds is 4. The van der Waals surface area contributed by atoms with Gasteiger partial charge in [0.2, 0.25) is 5.91 Å². The monoisotopic (exact) mass is 291 g/mol. The first kappa shape index (κ1) is 15.2. The first-order chi connectivity index (χ1) is 10.1. The molecule has 0 bridgehead atoms. The Morgan fingerprint density at radius 3 is 2.62 bits per heavy atom. The van der Waals surface area contributed by atoms with Gasteiger partial charge in [0.1, 0.15) is 5.75 Å². The van der Waals surface area contributed by atoms with Gasteiger partial charge in [-0.2, -0.15) is 0 Å². The van der Waals surface area contributed by atoms with Crippen molar-refractivity contribution in [2.75, 3.05) is 32.5 Å². The fraction of sp³-hybridized carbons (Fsp3) is 0.467. The number of hydrogen-bond donors (Lipinski definition) is 2. The number of anilines is 1. The van der Waals surface area contributed by atoms with E-state index in [0.29, 0.717) is 17.0 Å². The molecule has 21 heavy (non-hydrogen) atoms. The van der Waals surface area contributed by atoms with Crippen LogP contribution in [0.25, 0.3) is 0 Å². The Balaban J connectivity index is 1.92. The normalized spacial score (nSPS) is 14.6. The standard InChI is InChI=1S/C15H21N3O3/c1-21-13-8-11(7-12(16)9-13)15(20)17-10-14(19)18-5-3-2-4-6-18/h7-9H,2-6,10,16H2,1H3,(H,17,20). The highest BCUT2D eigenvalue weighted by atomic mass is 16.5. The second kappa shape index (κ2) is 6.97. The van der Waals surface area contributed by atoms with Crippen molar-refractivity contribution in [3.8, 4) is 5.75 Å². The minimum Gasteiger partial charge on any atom is -0.497 e. The van der Waals surface area contributed by atoms with E-state index >= 15 is 0 Å². The molecule has 2 amide bonds. The number of amides is 2. The van der Waals surface area contributed by atoms with Crippen LogP contribution in [0.5, 0.6) is 5.75 Å². The van der Waals surface area contributed by atoms with Crippen molar-refractivity contribution in [1.29, 1.82) is 0 Å². The molecule has 1 saturated heterocycles. The molecule has 0 atom stereocenters. The van der Waals surface area contributed by atoms with E-state index < -0.39 is 0 Å². The third-order valence-electron chi connectivity index (χ3n) is 3.54. The van der Waals surface area contributed by atoms with E-state index in [4.69, 9.17) is 10.5 Å². The molecule has 3 N–H and O–H groups in total. The minimum absolute atomic E-state index is 0.00987. The van der Waals surface area contributed by atoms with Crippen molar-refractivity contribution in [3.05, 3.63) is 23.8 Å². The highest BCUT2D eigenvalue weighted by Gasteiger charge is 2.17. The molecule has 2 rings (SSSR count). The van der Waals surface area contributed by atoms with Gasteiger partial charge >= 0.3 is 0 Å². The summed E-state index contributed by atoms with van der Waals surface area (Å²) in [6.45, 7) is 1.57. The quantitative estimate of drug-likeness (QED) is 0.811. The summed E-state index contributed by atoms with van der Waals surface area (Å²) in [6, 6.07) is 4.79. The Morgan fingerprint density at radius 2 is 1.95 bits per heavy atom. The number of likely N-dealkylation sites (tertiary alicyclic amines) is 1. The Bertz CT molecular complexity index is 525. The number of methoxy groups -OCH3 is 1. The molecule has 6 nitrogen and oxygen atoms in total. The third-order valence-corrected chi connectivity index (χ3v) is 3.54. The third kappa shape index (κ3) is 4.11. The number of carbonyl (C=O) groups excluding carboxylic acids is 2. The highest BCUT2D eigenvalue weighted by molar-refractivity contribution is 5.97. The number of hydrogen-bond acceptors (Lipinski definition) is 4. The molecule has 1 aliphatic heterocycles. The zero-order valence-electron chi connectivity index (χ0n) is 12.2. The van der Waals surface area contributed by atoms with Crippen LogP contribution in [0, 0.1) is 0 Å². The molecule has 1 fully saturated rings. The summed E-state index contributed by atoms with van der Waals surface area (Å²) in [5.74, 6) is 0.146. The zero-order chi connectivity index (χ0) is 15.2. The number of nitrogen functional groups attached to an aromatic ring is 1. The van der Waals surface area contributed by atoms with E-state index in [2.05, 4.69) is 5.32 Å². The molecule has 0 unspecified atom stereocenters. The first-order valence-corrected chi connectivity index (χ1v) is 7.10. The fourth-order valence-corrected chi connectivity index (χ4v) is 2.38. The Morgan fingerprint density at radius 1 is 1.24 bits per heavy atom. The number of piperidine rings is 1. The van der Waals surface area contributed by atoms with Crippen LogP contribution in [0.15, 0.2) is 18.2 Å². The summed E-state index contributed by atoms with van der Waals surface area (Å²) < 4.78 is 5.07. The average Bonchev–Trinajstić information content (AvgIpc) is 2.52. The van der Waals surface area contributed by atoms with Gasteiger partial charge in [-0.15, -0.1) is 0 Å². The van der Waals surface area contributed by atoms with E-state index in [9.17, 15) is 9.59 Å². The molecule has 0 radical (unpaired) electrons. The number of carbonyl (C=O) groups is 2. The summed E-state index contributed by atoms with van der Waals surface area (Å²) in [4.78, 5) is 25.8. The van der Waals surface area contributed by atoms with Gasteiger partial charge in [0, 0.05) is 30.4 Å². The second-order valence-corrected chi connectivity index (χ2v) is 5.12. The van der Waals surface area contributed by atoms with E-state index in [1.165, 1.54) is 13.5 Å². The summed E-state index contributed by atoms with van der Waals surface area (Å²) in [7, 11) is 1.51. The lowest BCUT2D eigenvalue weighted by Gasteiger charge is -2.26. The van der Waals surface area contributed by atoms with Gasteiger partial charge in [0.15, 0.2) is 0 Å². The fourth-order valence-electron chi connectivity index (χ4n) is 2.38. The summed E-state index contributed by atoms with van der Waals surface area (Å²) >= 11 is 0. The number of nitrogens with two attached hydrogens (primary N) is 1. The molecule has 1 aromatic rings. The van der Waals surface area contributed by atoms with Crippen molar-refractivity contribution >= 4 is 17.5 Å². The van der Waals surface area contributed by atoms with Crippen LogP contribution in [0.1, 0.15) is 29.6 Å². The molecular formula is C15H21N3O3. The maximum atomic E-state index is 12.1. The predicted molar refractivity (Wildman–Crippen MR) is 80.2 cm³/mol. The van der Waals surface area contributed by atoms with E-state index in [1.54, 1.807) is 23.1 Å². The van der Waals surface area contributed by atoms with E-state index in [1.807, 2.05) is 0 Å². The van der Waals surface area contributed by atoms with Gasteiger partial charge in [-0.3, -0.25) is 9.59 Å². The number of nitrogens with zero attached hydrogens (tertiary/aromatic N) is 1. The lowest BCUT2D eigenvalue weighted by atomic mass is 10.1. The Kier molecular flexibility index (Phi) is 5.03. The molecule has 1 aromatic carbocycles. The molecule has 0 aliphatic carbocycles. The molecular weight excluding hydrogens is 270 g/mol. The van der Waals surface area contributed by atoms with Crippen LogP contribution in [0.3, 0.4) is 0 Å². The van der Waals surface area contributed by atoms with Crippen molar-refractivity contribution in [1.82, 2.24) is 10.2 Å². The van der Waals surface area contributed by atoms with Crippen LogP contribution < -0.4 is 15.8 Å². The topological polar surface area (TPSA) is 84.7 Å². The lowest BCUT2D eigenvalue weighted by Crippen LogP contribution is -2.42. The molecule has 114 valence electrons. The van der Waals surface area contributed by atoms with Gasteiger partial charge in [0.05, 0.1) is 13.7 Å². The zero-order valence-corrected chi connectivity index (χ0v) is 12.2. The Labute approximate surface area is 124 Å². The predicted octanol–water partition coefficient (Wildman–Crippen LogP) is 1.02. The van der Waals surface area contributed by atoms with Crippen LogP contribution in [-0.4, -0.2) is 43.5 Å². The molecule has 6 heteroatoms. The van der Waals surface area contributed by atoms with Crippen molar-refractivity contribution in [2.24, 2.45) is 0 Å². The van der Waals surface area contributed by atoms with Gasteiger partial charge in [-0.1, -0.05) is 0 Å². The maximum Gasteiger partial charge on any atom is 0.251 e. The number of benzene rings is 1. The maximum absolute atomic E-state index is 12.1. The van der Waals surface area contributed by atoms with Gasteiger partial charge < -0.3 is 20.7 Å². The van der Waals surface area contributed by atoms with Crippen molar-refractivity contribution in [3.63, 3.8) is 0 Å². The van der Waals surface area contributed by atoms with Gasteiger partial charge in [-0.25, -0.2) is 0 Å². The molecule has 0 saturated carbocycles. The average molecular weight is 291 g/mol. The van der Waals surface area contributed by atoms with Crippen LogP contribution in [-0.2, 0) is 4.79 Å². The Hall–Kier alpha value is -2.24. The molecule has 0 spiro atoms. The largest absolute Gasteiger partial charge is 0.497 e. The minimum atomic E-state index is -0.328. The summed E-state index contributed by atoms with van der Waals surface area (Å²) in [6.07, 6.45) is 3.23. The summed E-state index contributed by atoms with van der Waals surface area (Å²) in [5.41, 5.74) is 6.54. The van der Waals surface area contributed by atoms with Crippen molar-refractivity contribution < 1.29 is 14.3 Å². The number of ether oxygens (including phenoxy) is 1. The smallest absolute Gasteiger partial charge is 0.251 e. The van der Waals surface area contributed by atoms with Crippen LogP contribution in [0.2, 0.25) is 0 Å². The molecule has 0 aromatic heterocycles. The molecule has 1 aliphatic rings. The van der Waals surface area contributed by atoms with Crippen LogP contribution in [0.4, 0.5) is 5.69 Å². The SMILES string of the molecule is COc1cc(N)cc(C(=O)NCC(=O)N2CCCCC2)c1. The van der Waals surface area contributed by atoms with E-state index in [-0.39, 0.29) is 18.4 Å². The van der Waals surface area contributed by atoms with Gasteiger partial charge in [0.25, 0.3) is 5.91 Å². The second-order valence-electron chi connectivity index (χ2n) is 5.12. The lowest BCUT2D eigenvalue weighted by molar-refractivity contribution is -0.130. The molecule has 1 heterocycles. The number of nitrogens with one attached hydrogen (secondary N) is 1. The highest BCUT2D eigenvalue weighted by Crippen LogP contribution is 2.18. The summed E-state index contributed by atoms with van der Waals surface area (Å²) in [5, 5.41) is 2.63. The van der Waals surface area contributed by atoms with Crippen LogP contribution >= 0.6 is 0 Å². The first-order valence-electron chi connectivity index (χ1n) is 7.10. The van der Waals surface area contributed by atoms with Crippen molar-refractivity contribution in [2.45, 2.75) is 19.3 Å². The van der Waals surface area contributed by atoms with Gasteiger partial charge in [-0.05, 0) is 31.4 Å².